The first kappa shape index (κ1) is 15.9. The lowest BCUT2D eigenvalue weighted by Crippen LogP contribution is -2.51. The summed E-state index contributed by atoms with van der Waals surface area (Å²) in [5, 5.41) is 5.54. The van der Waals surface area contributed by atoms with Crippen LogP contribution >= 0.6 is 0 Å². The molecule has 0 radical (unpaired) electrons. The molecule has 4 bridgehead atoms. The Balaban J connectivity index is 1.22. The van der Waals surface area contributed by atoms with Gasteiger partial charge >= 0.3 is 5.97 Å². The molecule has 5 fully saturated rings. The van der Waals surface area contributed by atoms with E-state index in [1.165, 1.54) is 38.5 Å². The molecule has 6 nitrogen and oxygen atoms in total. The summed E-state index contributed by atoms with van der Waals surface area (Å²) < 4.78 is 5.04. The van der Waals surface area contributed by atoms with Crippen molar-refractivity contribution in [3.05, 3.63) is 0 Å². The third-order valence-corrected chi connectivity index (χ3v) is 6.45. The minimum Gasteiger partial charge on any atom is -0.454 e. The molecule has 1 atom stereocenters. The van der Waals surface area contributed by atoms with Crippen LogP contribution in [0.4, 0.5) is 0 Å². The van der Waals surface area contributed by atoms with Crippen molar-refractivity contribution in [2.45, 2.75) is 57.4 Å². The van der Waals surface area contributed by atoms with Gasteiger partial charge in [-0.25, -0.2) is 4.79 Å². The molecular weight excluding hydrogens is 308 g/mol. The fourth-order valence-electron chi connectivity index (χ4n) is 5.87. The van der Waals surface area contributed by atoms with Gasteiger partial charge in [0.2, 0.25) is 5.91 Å². The van der Waals surface area contributed by atoms with Gasteiger partial charge in [0.15, 0.2) is 6.61 Å². The van der Waals surface area contributed by atoms with Crippen LogP contribution in [0.15, 0.2) is 0 Å². The van der Waals surface area contributed by atoms with Crippen LogP contribution in [0.1, 0.15) is 51.4 Å². The zero-order valence-electron chi connectivity index (χ0n) is 14.0. The maximum Gasteiger partial charge on any atom is 0.329 e. The van der Waals surface area contributed by atoms with Gasteiger partial charge in [-0.2, -0.15) is 0 Å². The Morgan fingerprint density at radius 2 is 1.75 bits per heavy atom. The molecule has 5 aliphatic rings. The van der Waals surface area contributed by atoms with Crippen molar-refractivity contribution in [2.24, 2.45) is 23.2 Å². The molecule has 24 heavy (non-hydrogen) atoms. The second-order valence-corrected chi connectivity index (χ2v) is 8.46. The molecule has 1 aliphatic heterocycles. The highest BCUT2D eigenvalue weighted by Crippen LogP contribution is 2.59. The lowest BCUT2D eigenvalue weighted by atomic mass is 9.49. The maximum absolute atomic E-state index is 12.0. The van der Waals surface area contributed by atoms with Crippen molar-refractivity contribution in [3.63, 3.8) is 0 Å². The van der Waals surface area contributed by atoms with Crippen LogP contribution in [0.5, 0.6) is 0 Å². The fraction of sp³-hybridized carbons (Fsp3) is 0.833. The topological polar surface area (TPSA) is 84.5 Å². The van der Waals surface area contributed by atoms with Crippen LogP contribution in [0, 0.1) is 23.2 Å². The first-order valence-electron chi connectivity index (χ1n) is 9.24. The first-order chi connectivity index (χ1) is 11.5. The predicted octanol–water partition coefficient (Wildman–Crippen LogP) is 1.14. The normalized spacial score (nSPS) is 39.6. The Kier molecular flexibility index (Phi) is 4.01. The molecule has 0 aromatic heterocycles. The number of esters is 1. The number of amides is 2. The molecule has 1 saturated heterocycles. The van der Waals surface area contributed by atoms with E-state index < -0.39 is 12.0 Å². The number of nitrogens with one attached hydrogen (secondary N) is 2. The highest BCUT2D eigenvalue weighted by molar-refractivity contribution is 5.89. The molecule has 2 N–H and O–H groups in total. The Morgan fingerprint density at radius 1 is 1.12 bits per heavy atom. The predicted molar refractivity (Wildman–Crippen MR) is 85.7 cm³/mol. The van der Waals surface area contributed by atoms with E-state index in [2.05, 4.69) is 10.6 Å². The van der Waals surface area contributed by atoms with E-state index in [0.29, 0.717) is 19.4 Å². The number of carbonyl (C=O) groups excluding carboxylic acids is 3. The molecule has 4 aliphatic carbocycles. The molecule has 0 aromatic rings. The lowest BCUT2D eigenvalue weighted by molar-refractivity contribution is -0.151. The summed E-state index contributed by atoms with van der Waals surface area (Å²) >= 11 is 0. The average molecular weight is 334 g/mol. The van der Waals surface area contributed by atoms with Gasteiger partial charge in [-0.3, -0.25) is 9.59 Å². The van der Waals surface area contributed by atoms with Crippen molar-refractivity contribution in [1.29, 1.82) is 0 Å². The van der Waals surface area contributed by atoms with E-state index in [9.17, 15) is 14.4 Å². The van der Waals surface area contributed by atoms with Gasteiger partial charge in [0.05, 0.1) is 0 Å². The summed E-state index contributed by atoms with van der Waals surface area (Å²) in [6.45, 7) is 0.463. The Hall–Kier alpha value is -1.59. The minimum absolute atomic E-state index is 0.136. The fourth-order valence-corrected chi connectivity index (χ4v) is 5.87. The van der Waals surface area contributed by atoms with Crippen LogP contribution in [0.25, 0.3) is 0 Å². The Bertz CT molecular complexity index is 524. The quantitative estimate of drug-likeness (QED) is 0.739. The highest BCUT2D eigenvalue weighted by atomic mass is 16.5. The molecular formula is C18H26N2O4. The second kappa shape index (κ2) is 6.05. The van der Waals surface area contributed by atoms with Crippen LogP contribution in [-0.4, -0.2) is 37.0 Å². The molecule has 132 valence electrons. The van der Waals surface area contributed by atoms with Gasteiger partial charge in [0, 0.05) is 13.0 Å². The standard InChI is InChI=1S/C18H26N2O4/c21-15-2-1-14(20-15)17(23)24-9-16(22)19-10-18-6-11-3-12(7-18)5-13(4-11)8-18/h11-14H,1-10H2,(H,19,22)(H,20,21)/t11?,12?,13?,14-,18?/m0/s1. The van der Waals surface area contributed by atoms with Crippen molar-refractivity contribution in [2.75, 3.05) is 13.2 Å². The van der Waals surface area contributed by atoms with Crippen LogP contribution < -0.4 is 10.6 Å². The van der Waals surface area contributed by atoms with Crippen molar-refractivity contribution < 1.29 is 19.1 Å². The Labute approximate surface area is 142 Å². The van der Waals surface area contributed by atoms with Gasteiger partial charge < -0.3 is 15.4 Å². The lowest BCUT2D eigenvalue weighted by Gasteiger charge is -2.56. The largest absolute Gasteiger partial charge is 0.454 e. The number of hydrogen-bond donors (Lipinski definition) is 2. The summed E-state index contributed by atoms with van der Waals surface area (Å²) in [4.78, 5) is 35.0. The summed E-state index contributed by atoms with van der Waals surface area (Å²) in [5.74, 6) is 1.70. The third-order valence-electron chi connectivity index (χ3n) is 6.45. The van der Waals surface area contributed by atoms with E-state index in [1.807, 2.05) is 0 Å². The second-order valence-electron chi connectivity index (χ2n) is 8.46. The van der Waals surface area contributed by atoms with E-state index in [0.717, 1.165) is 17.8 Å². The van der Waals surface area contributed by atoms with E-state index >= 15 is 0 Å². The first-order valence-corrected chi connectivity index (χ1v) is 9.24. The summed E-state index contributed by atoms with van der Waals surface area (Å²) in [6.07, 6.45) is 8.69. The van der Waals surface area contributed by atoms with E-state index in [4.69, 9.17) is 4.74 Å². The summed E-state index contributed by atoms with van der Waals surface area (Å²) in [7, 11) is 0. The number of carbonyl (C=O) groups is 3. The zero-order chi connectivity index (χ0) is 16.7. The van der Waals surface area contributed by atoms with E-state index in [1.54, 1.807) is 0 Å². The number of hydrogen-bond acceptors (Lipinski definition) is 4. The summed E-state index contributed by atoms with van der Waals surface area (Å²) in [5.41, 5.74) is 0.286. The maximum atomic E-state index is 12.0. The monoisotopic (exact) mass is 334 g/mol. The summed E-state index contributed by atoms with van der Waals surface area (Å²) in [6, 6.07) is -0.589. The zero-order valence-corrected chi connectivity index (χ0v) is 14.0. The van der Waals surface area contributed by atoms with E-state index in [-0.39, 0.29) is 23.8 Å². The molecule has 2 amide bonds. The molecule has 1 heterocycles. The smallest absolute Gasteiger partial charge is 0.329 e. The minimum atomic E-state index is -0.589. The average Bonchev–Trinajstić information content (AvgIpc) is 2.96. The Morgan fingerprint density at radius 3 is 2.29 bits per heavy atom. The molecule has 4 saturated carbocycles. The van der Waals surface area contributed by atoms with Gasteiger partial charge in [-0.15, -0.1) is 0 Å². The molecule has 0 spiro atoms. The third kappa shape index (κ3) is 3.15. The molecule has 6 heteroatoms. The SMILES string of the molecule is O=C(COC(=O)[C@@H]1CCC(=O)N1)NCC12CC3CC(CC(C3)C1)C2. The molecule has 5 rings (SSSR count). The van der Waals surface area contributed by atoms with Crippen molar-refractivity contribution >= 4 is 17.8 Å². The van der Waals surface area contributed by atoms with Crippen molar-refractivity contribution in [3.8, 4) is 0 Å². The number of rotatable bonds is 5. The molecule has 0 unspecified atom stereocenters. The van der Waals surface area contributed by atoms with Crippen LogP contribution in [0.3, 0.4) is 0 Å². The van der Waals surface area contributed by atoms with Gasteiger partial charge in [-0.05, 0) is 68.1 Å². The highest BCUT2D eigenvalue weighted by Gasteiger charge is 2.50. The molecule has 0 aromatic carbocycles. The number of ether oxygens (including phenoxy) is 1. The van der Waals surface area contributed by atoms with Gasteiger partial charge in [0.1, 0.15) is 6.04 Å². The van der Waals surface area contributed by atoms with Crippen molar-refractivity contribution in [1.82, 2.24) is 10.6 Å². The van der Waals surface area contributed by atoms with Crippen LogP contribution in [-0.2, 0) is 19.1 Å². The van der Waals surface area contributed by atoms with Crippen LogP contribution in [0.2, 0.25) is 0 Å². The van der Waals surface area contributed by atoms with Gasteiger partial charge in [-0.1, -0.05) is 0 Å². The van der Waals surface area contributed by atoms with Gasteiger partial charge in [0.25, 0.3) is 5.91 Å².